The van der Waals surface area contributed by atoms with Gasteiger partial charge in [-0.1, -0.05) is 294 Å². The van der Waals surface area contributed by atoms with Crippen LogP contribution in [0, 0.1) is 0 Å². The number of phosphoric acid groups is 2. The van der Waals surface area contributed by atoms with E-state index in [1.165, 1.54) is 116 Å². The number of esters is 4. The van der Waals surface area contributed by atoms with Crippen molar-refractivity contribution in [1.82, 2.24) is 0 Å². The summed E-state index contributed by atoms with van der Waals surface area (Å²) in [5.41, 5.74) is 0. The van der Waals surface area contributed by atoms with Crippen LogP contribution in [0.5, 0.6) is 0 Å². The van der Waals surface area contributed by atoms with Crippen molar-refractivity contribution in [2.75, 3.05) is 95.0 Å². The van der Waals surface area contributed by atoms with Gasteiger partial charge in [0, 0.05) is 25.7 Å². The van der Waals surface area contributed by atoms with E-state index in [9.17, 15) is 38.1 Å². The third-order valence-electron chi connectivity index (χ3n) is 16.8. The Morgan fingerprint density at radius 1 is 0.277 bits per heavy atom. The van der Waals surface area contributed by atoms with Crippen LogP contribution in [0.15, 0.2) is 170 Å². The molecule has 0 aromatic rings. The van der Waals surface area contributed by atoms with Crippen LogP contribution < -0.4 is 9.79 Å². The van der Waals surface area contributed by atoms with Crippen LogP contribution in [-0.2, 0) is 65.4 Å². The van der Waals surface area contributed by atoms with Crippen molar-refractivity contribution in [3.63, 3.8) is 0 Å². The topological polar surface area (TPSA) is 222 Å². The van der Waals surface area contributed by atoms with Gasteiger partial charge in [-0.15, -0.1) is 0 Å². The Kier molecular flexibility index (Phi) is 76.7. The monoisotopic (exact) mass is 1610 g/mol. The Morgan fingerprint density at radius 3 is 0.759 bits per heavy atom. The van der Waals surface area contributed by atoms with E-state index in [1.807, 2.05) is 90.9 Å². The first-order chi connectivity index (χ1) is 54.0. The number of nitrogens with zero attached hydrogens (tertiary/aromatic N) is 2. The van der Waals surface area contributed by atoms with Crippen molar-refractivity contribution in [3.8, 4) is 0 Å². The Bertz CT molecular complexity index is 2830. The molecule has 0 amide bonds. The summed E-state index contributed by atoms with van der Waals surface area (Å²) in [5.74, 6) is -2.04. The molecule has 0 spiro atoms. The van der Waals surface area contributed by atoms with E-state index in [0.717, 1.165) is 89.9 Å². The second kappa shape index (κ2) is 79.2. The molecule has 4 atom stereocenters. The number of ether oxygens (including phenoxy) is 4. The quantitative estimate of drug-likeness (QED) is 0.0138. The lowest BCUT2D eigenvalue weighted by molar-refractivity contribution is -0.870. The number of hydrogen-bond acceptors (Lipinski definition) is 16. The van der Waals surface area contributed by atoms with Crippen molar-refractivity contribution in [2.24, 2.45) is 0 Å². The van der Waals surface area contributed by atoms with E-state index in [0.29, 0.717) is 47.7 Å². The molecule has 0 saturated carbocycles. The number of rotatable bonds is 74. The summed E-state index contributed by atoms with van der Waals surface area (Å²) in [6.45, 7) is 7.98. The van der Waals surface area contributed by atoms with Gasteiger partial charge >= 0.3 is 23.9 Å². The Morgan fingerprint density at radius 2 is 0.500 bits per heavy atom. The summed E-state index contributed by atoms with van der Waals surface area (Å²) in [6, 6.07) is 0. The molecule has 18 nitrogen and oxygen atoms in total. The standard InChI is InChI=1S/2C46H78NO8P/c2*1-6-8-10-12-14-16-18-20-22-23-25-27-29-31-33-35-37-39-46(49)55-44(43-54-56(50,51)53-41-40-47(3,4)5)42-52-45(48)38-36-34-32-30-28-26-24-21-19-17-15-13-11-9-7-2/h16,18-19,21-23,26-29,32-35,44H,6-15,17,20,24-25,30-31,36-43H2,1-5H3;10,12,16,18,22-23,26-29,32-35,44H,6-9,11,13-15,17,19-21,24-25,30-31,36-43H2,1-5H3/b18-16-,21-19-,23-22-,28-26-,29-27-,34-32-,35-33-;12-10-,18-16-,23-22-,28-26-,29-27-,34-32-,35-33-. The fraction of sp³-hybridized carbons (Fsp3) is 0.652. The van der Waals surface area contributed by atoms with E-state index in [-0.39, 0.29) is 52.1 Å². The van der Waals surface area contributed by atoms with Gasteiger partial charge in [-0.25, -0.2) is 0 Å². The summed E-state index contributed by atoms with van der Waals surface area (Å²) >= 11 is 0. The molecule has 0 N–H and O–H groups in total. The molecule has 640 valence electrons. The highest BCUT2D eigenvalue weighted by atomic mass is 31.2. The lowest BCUT2D eigenvalue weighted by Crippen LogP contribution is -2.37. The van der Waals surface area contributed by atoms with Gasteiger partial charge in [0.05, 0.1) is 55.5 Å². The van der Waals surface area contributed by atoms with Crippen LogP contribution in [0.1, 0.15) is 285 Å². The van der Waals surface area contributed by atoms with Gasteiger partial charge in [0.25, 0.3) is 15.6 Å². The zero-order valence-corrected chi connectivity index (χ0v) is 73.4. The van der Waals surface area contributed by atoms with Crippen LogP contribution >= 0.6 is 15.6 Å². The van der Waals surface area contributed by atoms with E-state index in [2.05, 4.69) is 149 Å². The molecule has 112 heavy (non-hydrogen) atoms. The normalized spacial score (nSPS) is 14.5. The number of likely N-dealkylation sites (N-methyl/N-ethyl adjacent to an activating group) is 2. The van der Waals surface area contributed by atoms with Crippen LogP contribution in [0.2, 0.25) is 0 Å². The Balaban J connectivity index is 0. The minimum atomic E-state index is -4.66. The van der Waals surface area contributed by atoms with E-state index >= 15 is 0 Å². The Hall–Kier alpha value is -5.62. The highest BCUT2D eigenvalue weighted by molar-refractivity contribution is 7.46. The number of allylic oxidation sites excluding steroid dienone is 28. The molecule has 0 rings (SSSR count). The highest BCUT2D eigenvalue weighted by Crippen LogP contribution is 2.39. The maximum absolute atomic E-state index is 12.6. The molecule has 20 heteroatoms. The average molecular weight is 1610 g/mol. The lowest BCUT2D eigenvalue weighted by Gasteiger charge is -2.28. The van der Waals surface area contributed by atoms with Crippen molar-refractivity contribution >= 4 is 39.5 Å². The highest BCUT2D eigenvalue weighted by Gasteiger charge is 2.24. The zero-order chi connectivity index (χ0) is 82.9. The third-order valence-corrected chi connectivity index (χ3v) is 18.7. The second-order valence-electron chi connectivity index (χ2n) is 30.0. The molecular formula is C92H156N2O16P2. The number of unbranched alkanes of at least 4 members (excludes halogenated alkanes) is 18. The smallest absolute Gasteiger partial charge is 0.306 e. The van der Waals surface area contributed by atoms with Crippen LogP contribution in [0.3, 0.4) is 0 Å². The fourth-order valence-corrected chi connectivity index (χ4v) is 11.5. The predicted molar refractivity (Wildman–Crippen MR) is 462 cm³/mol. The largest absolute Gasteiger partial charge is 0.756 e. The first kappa shape index (κ1) is 108. The molecule has 0 fully saturated rings. The zero-order valence-electron chi connectivity index (χ0n) is 71.6. The number of quaternary nitrogens is 2. The van der Waals surface area contributed by atoms with E-state index < -0.39 is 64.9 Å². The van der Waals surface area contributed by atoms with Crippen LogP contribution in [-0.4, -0.2) is 140 Å². The maximum atomic E-state index is 12.6. The van der Waals surface area contributed by atoms with Crippen molar-refractivity contribution < 1.29 is 84.1 Å². The SMILES string of the molecule is CCC/C=C\C/C=C\C/C=C\C/C=C\C/C=C\CCC(=O)OC(COC(=O)CC/C=C\C/C=C\CCCCCCCCCC)COP(=O)([O-])OCC[N+](C)(C)C.CCCCCC/C=C\C/C=C\C/C=C\C/C=C\CCC(=O)OC(COC(=O)CC/C=C\C/C=C\C/C=C\CCCCCCC)COP(=O)([O-])OCC[N+](C)(C)C. The minimum Gasteiger partial charge on any atom is -0.756 e. The molecule has 0 aliphatic carbocycles. The van der Waals surface area contributed by atoms with Crippen molar-refractivity contribution in [3.05, 3.63) is 170 Å². The van der Waals surface area contributed by atoms with E-state index in [4.69, 9.17) is 37.0 Å². The fourth-order valence-electron chi connectivity index (χ4n) is 10.1. The minimum absolute atomic E-state index is 0.0560. The molecule has 0 saturated heterocycles. The summed E-state index contributed by atoms with van der Waals surface area (Å²) in [6.07, 6.45) is 95.7. The molecule has 0 bridgehead atoms. The van der Waals surface area contributed by atoms with Gasteiger partial charge in [0.15, 0.2) is 12.2 Å². The predicted octanol–water partition coefficient (Wildman–Crippen LogP) is 22.8. The first-order valence-corrected chi connectivity index (χ1v) is 45.5. The van der Waals surface area contributed by atoms with Gasteiger partial charge < -0.3 is 55.8 Å². The van der Waals surface area contributed by atoms with E-state index in [1.54, 1.807) is 0 Å². The summed E-state index contributed by atoms with van der Waals surface area (Å²) in [4.78, 5) is 74.8. The molecule has 4 unspecified atom stereocenters. The summed E-state index contributed by atoms with van der Waals surface area (Å²) < 4.78 is 67.3. The molecule has 0 aliphatic heterocycles. The van der Waals surface area contributed by atoms with Gasteiger partial charge in [-0.05, 0) is 135 Å². The van der Waals surface area contributed by atoms with Gasteiger partial charge in [-0.3, -0.25) is 28.3 Å². The number of phosphoric ester groups is 2. The number of carbonyl (C=O) groups is 4. The molecule has 0 radical (unpaired) electrons. The van der Waals surface area contributed by atoms with Crippen molar-refractivity contribution in [2.45, 2.75) is 297 Å². The van der Waals surface area contributed by atoms with Crippen LogP contribution in [0.25, 0.3) is 0 Å². The summed E-state index contributed by atoms with van der Waals surface area (Å²) in [7, 11) is 2.16. The average Bonchev–Trinajstić information content (AvgIpc) is 0.906. The first-order valence-electron chi connectivity index (χ1n) is 42.6. The maximum Gasteiger partial charge on any atom is 0.306 e. The number of carbonyl (C=O) groups excluding carboxylic acids is 4. The molecule has 0 aromatic heterocycles. The second-order valence-corrected chi connectivity index (χ2v) is 32.8. The van der Waals surface area contributed by atoms with Gasteiger partial charge in [0.2, 0.25) is 0 Å². The summed E-state index contributed by atoms with van der Waals surface area (Å²) in [5, 5.41) is 0. The molecule has 0 heterocycles. The molecular weight excluding hydrogens is 1450 g/mol. The number of hydrogen-bond donors (Lipinski definition) is 0. The Labute approximate surface area is 681 Å². The van der Waals surface area contributed by atoms with Gasteiger partial charge in [-0.2, -0.15) is 0 Å². The van der Waals surface area contributed by atoms with Gasteiger partial charge in [0.1, 0.15) is 39.5 Å². The third kappa shape index (κ3) is 88.3. The molecule has 0 aliphatic rings. The van der Waals surface area contributed by atoms with Crippen molar-refractivity contribution in [1.29, 1.82) is 0 Å². The van der Waals surface area contributed by atoms with Crippen LogP contribution in [0.4, 0.5) is 0 Å². The lowest BCUT2D eigenvalue weighted by atomic mass is 10.1. The molecule has 0 aromatic carbocycles.